The van der Waals surface area contributed by atoms with E-state index in [0.717, 1.165) is 30.2 Å². The zero-order valence-corrected chi connectivity index (χ0v) is 17.7. The Kier molecular flexibility index (Phi) is 5.59. The molecule has 156 valence electrons. The molecule has 1 aliphatic heterocycles. The summed E-state index contributed by atoms with van der Waals surface area (Å²) in [5.74, 6) is 0.395. The van der Waals surface area contributed by atoms with Crippen LogP contribution in [0.15, 0.2) is 47.3 Å². The Balaban J connectivity index is 1.43. The van der Waals surface area contributed by atoms with Crippen LogP contribution in [0.3, 0.4) is 0 Å². The highest BCUT2D eigenvalue weighted by atomic mass is 35.5. The van der Waals surface area contributed by atoms with Crippen LogP contribution in [0, 0.1) is 13.8 Å². The van der Waals surface area contributed by atoms with Gasteiger partial charge in [0, 0.05) is 48.6 Å². The number of carbonyl (C=O) groups excluding carboxylic acids is 1. The van der Waals surface area contributed by atoms with Crippen molar-refractivity contribution >= 4 is 23.2 Å². The van der Waals surface area contributed by atoms with Crippen LogP contribution < -0.4 is 10.5 Å². The first-order chi connectivity index (χ1) is 14.4. The summed E-state index contributed by atoms with van der Waals surface area (Å²) < 4.78 is 2.88. The number of aryl methyl sites for hydroxylation is 2. The van der Waals surface area contributed by atoms with Gasteiger partial charge in [-0.2, -0.15) is 5.10 Å². The molecule has 30 heavy (non-hydrogen) atoms. The van der Waals surface area contributed by atoms with Gasteiger partial charge >= 0.3 is 0 Å². The lowest BCUT2D eigenvalue weighted by Gasteiger charge is -2.36. The maximum absolute atomic E-state index is 12.8. The molecular formula is C21H23ClN6O2. The smallest absolute Gasteiger partial charge is 0.267 e. The van der Waals surface area contributed by atoms with Crippen molar-refractivity contribution in [2.24, 2.45) is 0 Å². The lowest BCUT2D eigenvalue weighted by Crippen LogP contribution is -2.50. The van der Waals surface area contributed by atoms with E-state index in [4.69, 9.17) is 11.6 Å². The number of nitrogens with zero attached hydrogens (tertiary/aromatic N) is 6. The Bertz CT molecular complexity index is 1110. The highest BCUT2D eigenvalue weighted by Crippen LogP contribution is 2.19. The molecule has 1 aliphatic rings. The molecule has 0 spiro atoms. The average molecular weight is 427 g/mol. The molecule has 1 aromatic carbocycles. The largest absolute Gasteiger partial charge is 0.368 e. The molecule has 1 saturated heterocycles. The van der Waals surface area contributed by atoms with Crippen molar-refractivity contribution in [1.29, 1.82) is 0 Å². The van der Waals surface area contributed by atoms with E-state index in [1.165, 1.54) is 10.7 Å². The number of carbonyl (C=O) groups is 1. The zero-order chi connectivity index (χ0) is 21.3. The number of halogens is 1. The second-order valence-electron chi connectivity index (χ2n) is 7.37. The number of rotatable bonds is 4. The molecule has 1 amide bonds. The average Bonchev–Trinajstić information content (AvgIpc) is 3.08. The van der Waals surface area contributed by atoms with Gasteiger partial charge in [-0.25, -0.2) is 9.36 Å². The van der Waals surface area contributed by atoms with E-state index in [-0.39, 0.29) is 18.0 Å². The molecule has 0 bridgehead atoms. The van der Waals surface area contributed by atoms with E-state index in [9.17, 15) is 9.59 Å². The quantitative estimate of drug-likeness (QED) is 0.638. The number of benzene rings is 1. The Labute approximate surface area is 179 Å². The standard InChI is InChI=1S/C21H23ClN6O2/c1-15-13-16(2)28(23-15)19-7-8-20(29)27(24-19)14-21(30)26-11-9-25(10-12-26)18-5-3-17(22)4-6-18/h3-8,13H,9-12,14H2,1-2H3. The summed E-state index contributed by atoms with van der Waals surface area (Å²) in [7, 11) is 0. The molecule has 0 radical (unpaired) electrons. The van der Waals surface area contributed by atoms with Crippen LogP contribution >= 0.6 is 11.6 Å². The molecule has 0 atom stereocenters. The van der Waals surface area contributed by atoms with Crippen molar-refractivity contribution in [2.45, 2.75) is 20.4 Å². The minimum atomic E-state index is -0.312. The van der Waals surface area contributed by atoms with E-state index < -0.39 is 0 Å². The van der Waals surface area contributed by atoms with Crippen LogP contribution in [-0.2, 0) is 11.3 Å². The first-order valence-corrected chi connectivity index (χ1v) is 10.2. The summed E-state index contributed by atoms with van der Waals surface area (Å²) >= 11 is 5.95. The van der Waals surface area contributed by atoms with E-state index in [1.807, 2.05) is 44.2 Å². The van der Waals surface area contributed by atoms with Crippen LogP contribution in [0.4, 0.5) is 5.69 Å². The molecule has 0 saturated carbocycles. The third kappa shape index (κ3) is 4.23. The Morgan fingerprint density at radius 2 is 1.70 bits per heavy atom. The Morgan fingerprint density at radius 1 is 1.00 bits per heavy atom. The summed E-state index contributed by atoms with van der Waals surface area (Å²) in [5.41, 5.74) is 2.55. The van der Waals surface area contributed by atoms with Crippen molar-refractivity contribution in [3.05, 3.63) is 69.2 Å². The third-order valence-corrected chi connectivity index (χ3v) is 5.44. The maximum atomic E-state index is 12.8. The molecule has 4 rings (SSSR count). The van der Waals surface area contributed by atoms with Crippen LogP contribution in [0.5, 0.6) is 0 Å². The fourth-order valence-corrected chi connectivity index (χ4v) is 3.75. The van der Waals surface area contributed by atoms with Gasteiger partial charge in [-0.1, -0.05) is 11.6 Å². The van der Waals surface area contributed by atoms with Gasteiger partial charge in [0.05, 0.1) is 5.69 Å². The van der Waals surface area contributed by atoms with Gasteiger partial charge in [-0.15, -0.1) is 5.10 Å². The lowest BCUT2D eigenvalue weighted by atomic mass is 10.2. The summed E-state index contributed by atoms with van der Waals surface area (Å²) in [5, 5.41) is 9.45. The second kappa shape index (κ2) is 8.31. The van der Waals surface area contributed by atoms with Crippen LogP contribution in [0.1, 0.15) is 11.4 Å². The predicted octanol–water partition coefficient (Wildman–Crippen LogP) is 2.05. The molecule has 0 unspecified atom stereocenters. The minimum Gasteiger partial charge on any atom is -0.368 e. The van der Waals surface area contributed by atoms with Gasteiger partial charge in [-0.3, -0.25) is 9.59 Å². The number of amides is 1. The summed E-state index contributed by atoms with van der Waals surface area (Å²) in [6, 6.07) is 12.7. The molecule has 3 heterocycles. The first-order valence-electron chi connectivity index (χ1n) is 9.81. The molecule has 3 aromatic rings. The van der Waals surface area contributed by atoms with E-state index in [2.05, 4.69) is 15.1 Å². The molecule has 2 aromatic heterocycles. The Morgan fingerprint density at radius 3 is 2.33 bits per heavy atom. The van der Waals surface area contributed by atoms with Gasteiger partial charge in [0.1, 0.15) is 6.54 Å². The highest BCUT2D eigenvalue weighted by molar-refractivity contribution is 6.30. The molecule has 9 heteroatoms. The van der Waals surface area contributed by atoms with Crippen LogP contribution in [0.2, 0.25) is 5.02 Å². The van der Waals surface area contributed by atoms with Gasteiger partial charge in [0.15, 0.2) is 5.82 Å². The number of hydrogen-bond acceptors (Lipinski definition) is 5. The lowest BCUT2D eigenvalue weighted by molar-refractivity contribution is -0.132. The molecule has 0 aliphatic carbocycles. The van der Waals surface area contributed by atoms with E-state index >= 15 is 0 Å². The minimum absolute atomic E-state index is 0.0904. The normalized spacial score (nSPS) is 14.2. The van der Waals surface area contributed by atoms with Crippen molar-refractivity contribution < 1.29 is 4.79 Å². The van der Waals surface area contributed by atoms with E-state index in [1.54, 1.807) is 15.6 Å². The third-order valence-electron chi connectivity index (χ3n) is 5.19. The second-order valence-corrected chi connectivity index (χ2v) is 7.81. The summed E-state index contributed by atoms with van der Waals surface area (Å²) in [6.45, 7) is 6.35. The number of piperazine rings is 1. The van der Waals surface area contributed by atoms with Gasteiger partial charge < -0.3 is 9.80 Å². The predicted molar refractivity (Wildman–Crippen MR) is 115 cm³/mol. The number of hydrogen-bond donors (Lipinski definition) is 0. The van der Waals surface area contributed by atoms with Crippen molar-refractivity contribution in [3.8, 4) is 5.82 Å². The van der Waals surface area contributed by atoms with Crippen molar-refractivity contribution in [3.63, 3.8) is 0 Å². The van der Waals surface area contributed by atoms with E-state index in [0.29, 0.717) is 23.9 Å². The summed E-state index contributed by atoms with van der Waals surface area (Å²) in [4.78, 5) is 29.0. The topological polar surface area (TPSA) is 76.3 Å². The first kappa shape index (κ1) is 20.2. The SMILES string of the molecule is Cc1cc(C)n(-c2ccc(=O)n(CC(=O)N3CCN(c4ccc(Cl)cc4)CC3)n2)n1. The van der Waals surface area contributed by atoms with Crippen LogP contribution in [-0.4, -0.2) is 56.5 Å². The fraction of sp³-hybridized carbons (Fsp3) is 0.333. The van der Waals surface area contributed by atoms with Crippen molar-refractivity contribution in [1.82, 2.24) is 24.5 Å². The highest BCUT2D eigenvalue weighted by Gasteiger charge is 2.22. The zero-order valence-electron chi connectivity index (χ0n) is 17.0. The van der Waals surface area contributed by atoms with Gasteiger partial charge in [0.25, 0.3) is 5.56 Å². The molecular weight excluding hydrogens is 404 g/mol. The number of anilines is 1. The Hall–Kier alpha value is -3.13. The summed E-state index contributed by atoms with van der Waals surface area (Å²) in [6.07, 6.45) is 0. The fourth-order valence-electron chi connectivity index (χ4n) is 3.62. The number of aromatic nitrogens is 4. The van der Waals surface area contributed by atoms with Crippen LogP contribution in [0.25, 0.3) is 5.82 Å². The van der Waals surface area contributed by atoms with Gasteiger partial charge in [-0.05, 0) is 50.2 Å². The van der Waals surface area contributed by atoms with Crippen molar-refractivity contribution in [2.75, 3.05) is 31.1 Å². The molecule has 0 N–H and O–H groups in total. The monoisotopic (exact) mass is 426 g/mol. The maximum Gasteiger partial charge on any atom is 0.267 e. The van der Waals surface area contributed by atoms with Gasteiger partial charge in [0.2, 0.25) is 5.91 Å². The molecule has 8 nitrogen and oxygen atoms in total. The molecule has 1 fully saturated rings.